The summed E-state index contributed by atoms with van der Waals surface area (Å²) in [7, 11) is 1.91. The molecular formula is C31H29FN2O4. The van der Waals surface area contributed by atoms with E-state index < -0.39 is 12.1 Å². The molecule has 0 unspecified atom stereocenters. The van der Waals surface area contributed by atoms with E-state index in [2.05, 4.69) is 31.1 Å². The van der Waals surface area contributed by atoms with Crippen molar-refractivity contribution in [3.8, 4) is 33.8 Å². The molecule has 194 valence electrons. The average molecular weight is 513 g/mol. The molecule has 0 bridgehead atoms. The minimum Gasteiger partial charge on any atom is -0.492 e. The number of nitrogens with zero attached hydrogens (tertiary/aromatic N) is 2. The van der Waals surface area contributed by atoms with Gasteiger partial charge in [-0.1, -0.05) is 24.3 Å². The van der Waals surface area contributed by atoms with E-state index >= 15 is 4.39 Å². The van der Waals surface area contributed by atoms with Crippen molar-refractivity contribution in [3.63, 3.8) is 0 Å². The van der Waals surface area contributed by atoms with Gasteiger partial charge in [-0.2, -0.15) is 5.10 Å². The van der Waals surface area contributed by atoms with Crippen LogP contribution in [0.5, 0.6) is 11.5 Å². The molecule has 1 aromatic heterocycles. The first-order chi connectivity index (χ1) is 18.3. The number of carboxylic acid groups (broad SMARTS) is 1. The Morgan fingerprint density at radius 2 is 1.95 bits per heavy atom. The van der Waals surface area contributed by atoms with Gasteiger partial charge in [0.05, 0.1) is 19.2 Å². The van der Waals surface area contributed by atoms with E-state index in [0.29, 0.717) is 30.1 Å². The maximum atomic E-state index is 15.3. The molecule has 2 heterocycles. The van der Waals surface area contributed by atoms with Gasteiger partial charge >= 0.3 is 5.97 Å². The third-order valence-corrected chi connectivity index (χ3v) is 7.69. The summed E-state index contributed by atoms with van der Waals surface area (Å²) >= 11 is 0. The summed E-state index contributed by atoms with van der Waals surface area (Å²) in [5.41, 5.74) is 9.11. The fourth-order valence-corrected chi connectivity index (χ4v) is 6.03. The first-order valence-corrected chi connectivity index (χ1v) is 12.9. The van der Waals surface area contributed by atoms with Crippen molar-refractivity contribution in [1.29, 1.82) is 0 Å². The van der Waals surface area contributed by atoms with Crippen molar-refractivity contribution in [3.05, 3.63) is 88.5 Å². The minimum atomic E-state index is -0.849. The van der Waals surface area contributed by atoms with Crippen LogP contribution >= 0.6 is 0 Å². The Hall–Kier alpha value is -4.13. The van der Waals surface area contributed by atoms with Crippen LogP contribution in [0.3, 0.4) is 0 Å². The first-order valence-electron chi connectivity index (χ1n) is 12.9. The number of rotatable bonds is 6. The van der Waals surface area contributed by atoms with Crippen molar-refractivity contribution in [1.82, 2.24) is 9.78 Å². The SMILES string of the molecule is Cc1cc(-c2cnn(C)c2)cc(C)c1-c1ccc(F)c2c1CC[C@H]2Oc1ccc2c(c1)OC[C@H]2CC(=O)O. The Kier molecular flexibility index (Phi) is 5.94. The molecule has 3 aromatic carbocycles. The number of fused-ring (bicyclic) bond motifs is 2. The Balaban J connectivity index is 1.31. The molecule has 6 rings (SSSR count). The number of ether oxygens (including phenoxy) is 2. The Morgan fingerprint density at radius 3 is 2.66 bits per heavy atom. The molecule has 2 atom stereocenters. The van der Waals surface area contributed by atoms with Gasteiger partial charge < -0.3 is 14.6 Å². The third kappa shape index (κ3) is 4.22. The van der Waals surface area contributed by atoms with Gasteiger partial charge in [0.15, 0.2) is 0 Å². The fourth-order valence-electron chi connectivity index (χ4n) is 6.03. The summed E-state index contributed by atoms with van der Waals surface area (Å²) in [5.74, 6) is -0.0400. The predicted molar refractivity (Wildman–Crippen MR) is 142 cm³/mol. The van der Waals surface area contributed by atoms with Crippen LogP contribution in [0, 0.1) is 19.7 Å². The van der Waals surface area contributed by atoms with E-state index in [9.17, 15) is 4.79 Å². The number of hydrogen-bond acceptors (Lipinski definition) is 4. The van der Waals surface area contributed by atoms with Gasteiger partial charge in [0, 0.05) is 41.9 Å². The van der Waals surface area contributed by atoms with Gasteiger partial charge in [0.25, 0.3) is 0 Å². The summed E-state index contributed by atoms with van der Waals surface area (Å²) in [6.45, 7) is 4.54. The van der Waals surface area contributed by atoms with Crippen LogP contribution in [-0.2, 0) is 18.3 Å². The molecule has 0 saturated carbocycles. The summed E-state index contributed by atoms with van der Waals surface area (Å²) < 4.78 is 29.1. The molecule has 0 amide bonds. The van der Waals surface area contributed by atoms with Crippen LogP contribution in [0.25, 0.3) is 22.3 Å². The summed E-state index contributed by atoms with van der Waals surface area (Å²) in [4.78, 5) is 11.1. The molecule has 2 aliphatic rings. The molecule has 0 saturated heterocycles. The molecular weight excluding hydrogens is 483 g/mol. The zero-order chi connectivity index (χ0) is 26.6. The molecule has 0 fully saturated rings. The average Bonchev–Trinajstić information content (AvgIpc) is 3.59. The molecule has 0 radical (unpaired) electrons. The molecule has 1 aliphatic carbocycles. The Bertz CT molecular complexity index is 1550. The van der Waals surface area contributed by atoms with Gasteiger partial charge in [-0.25, -0.2) is 4.39 Å². The maximum absolute atomic E-state index is 15.3. The van der Waals surface area contributed by atoms with E-state index in [1.165, 1.54) is 0 Å². The normalized spacial score (nSPS) is 17.7. The van der Waals surface area contributed by atoms with Gasteiger partial charge in [0.2, 0.25) is 0 Å². The van der Waals surface area contributed by atoms with Crippen molar-refractivity contribution >= 4 is 5.97 Å². The number of benzene rings is 3. The predicted octanol–water partition coefficient (Wildman–Crippen LogP) is 6.53. The third-order valence-electron chi connectivity index (χ3n) is 7.69. The number of aryl methyl sites for hydroxylation is 3. The van der Waals surface area contributed by atoms with Crippen LogP contribution < -0.4 is 9.47 Å². The standard InChI is InChI=1S/C31H29FN2O4/c1-17-10-19(21-14-33-34(3)15-21)11-18(2)30(17)24-6-8-26(32)31-25(24)7-9-27(31)38-22-4-5-23-20(12-29(35)36)16-37-28(23)13-22/h4-6,8,10-11,13-15,20,27H,7,9,12,16H2,1-3H3,(H,35,36)/t20-,27-/m1/s1. The minimum absolute atomic E-state index is 0.0270. The lowest BCUT2D eigenvalue weighted by molar-refractivity contribution is -0.137. The van der Waals surface area contributed by atoms with Gasteiger partial charge in [-0.3, -0.25) is 9.48 Å². The lowest BCUT2D eigenvalue weighted by Gasteiger charge is -2.19. The number of carbonyl (C=O) groups is 1. The zero-order valence-electron chi connectivity index (χ0n) is 21.6. The molecule has 0 spiro atoms. The molecule has 1 aliphatic heterocycles. The van der Waals surface area contributed by atoms with Gasteiger partial charge in [-0.05, 0) is 72.2 Å². The van der Waals surface area contributed by atoms with Crippen molar-refractivity contribution in [2.45, 2.75) is 45.1 Å². The van der Waals surface area contributed by atoms with Crippen LogP contribution in [-0.4, -0.2) is 27.5 Å². The molecule has 7 heteroatoms. The first kappa shape index (κ1) is 24.2. The van der Waals surface area contributed by atoms with Crippen LogP contribution in [0.15, 0.2) is 54.9 Å². The lowest BCUT2D eigenvalue weighted by atomic mass is 9.88. The van der Waals surface area contributed by atoms with E-state index in [4.69, 9.17) is 14.6 Å². The monoisotopic (exact) mass is 512 g/mol. The van der Waals surface area contributed by atoms with Crippen LogP contribution in [0.4, 0.5) is 4.39 Å². The van der Waals surface area contributed by atoms with E-state index in [0.717, 1.165) is 50.9 Å². The highest BCUT2D eigenvalue weighted by molar-refractivity contribution is 5.79. The number of halogens is 1. The molecule has 6 nitrogen and oxygen atoms in total. The van der Waals surface area contributed by atoms with Crippen molar-refractivity contribution in [2.75, 3.05) is 6.61 Å². The van der Waals surface area contributed by atoms with Gasteiger partial charge in [-0.15, -0.1) is 0 Å². The quantitative estimate of drug-likeness (QED) is 0.318. The highest BCUT2D eigenvalue weighted by Gasteiger charge is 2.32. The summed E-state index contributed by atoms with van der Waals surface area (Å²) in [6.07, 6.45) is 4.88. The summed E-state index contributed by atoms with van der Waals surface area (Å²) in [6, 6.07) is 13.3. The van der Waals surface area contributed by atoms with Crippen molar-refractivity contribution in [2.24, 2.45) is 7.05 Å². The number of aliphatic carboxylic acids is 1. The number of carboxylic acids is 1. The van der Waals surface area contributed by atoms with Crippen molar-refractivity contribution < 1.29 is 23.8 Å². The maximum Gasteiger partial charge on any atom is 0.304 e. The highest BCUT2D eigenvalue weighted by atomic mass is 19.1. The topological polar surface area (TPSA) is 73.6 Å². The second kappa shape index (κ2) is 9.31. The van der Waals surface area contributed by atoms with E-state index in [-0.39, 0.29) is 18.2 Å². The van der Waals surface area contributed by atoms with Crippen LogP contribution in [0.1, 0.15) is 52.7 Å². The summed E-state index contributed by atoms with van der Waals surface area (Å²) in [5, 5.41) is 13.4. The zero-order valence-corrected chi connectivity index (χ0v) is 21.6. The number of aromatic nitrogens is 2. The molecule has 4 aromatic rings. The lowest BCUT2D eigenvalue weighted by Crippen LogP contribution is -2.07. The van der Waals surface area contributed by atoms with Crippen LogP contribution in [0.2, 0.25) is 0 Å². The second-order valence-corrected chi connectivity index (χ2v) is 10.3. The largest absolute Gasteiger partial charge is 0.492 e. The molecule has 38 heavy (non-hydrogen) atoms. The molecule has 1 N–H and O–H groups in total. The fraction of sp³-hybridized carbons (Fsp3) is 0.290. The highest BCUT2D eigenvalue weighted by Crippen LogP contribution is 2.45. The Morgan fingerprint density at radius 1 is 1.16 bits per heavy atom. The Labute approximate surface area is 220 Å². The second-order valence-electron chi connectivity index (χ2n) is 10.3. The smallest absolute Gasteiger partial charge is 0.304 e. The van der Waals surface area contributed by atoms with E-state index in [1.807, 2.05) is 37.6 Å². The van der Waals surface area contributed by atoms with Gasteiger partial charge in [0.1, 0.15) is 23.4 Å². The van der Waals surface area contributed by atoms with E-state index in [1.54, 1.807) is 16.8 Å². The number of hydrogen-bond donors (Lipinski definition) is 1.